The molecule has 2 unspecified atom stereocenters. The summed E-state index contributed by atoms with van der Waals surface area (Å²) in [5, 5.41) is 9.99. The number of likely N-dealkylation sites (tertiary alicyclic amines) is 1. The first-order valence-corrected chi connectivity index (χ1v) is 8.93. The molecule has 0 radical (unpaired) electrons. The van der Waals surface area contributed by atoms with E-state index in [4.69, 9.17) is 16.3 Å². The van der Waals surface area contributed by atoms with Gasteiger partial charge in [-0.3, -0.25) is 9.69 Å². The highest BCUT2D eigenvalue weighted by Crippen LogP contribution is 2.38. The average Bonchev–Trinajstić information content (AvgIpc) is 2.62. The van der Waals surface area contributed by atoms with Crippen LogP contribution in [0.15, 0.2) is 42.5 Å². The molecule has 0 spiro atoms. The number of piperidine rings is 1. The smallest absolute Gasteiger partial charge is 0.307 e. The molecule has 0 bridgehead atoms. The lowest BCUT2D eigenvalue weighted by molar-refractivity contribution is -0.143. The van der Waals surface area contributed by atoms with E-state index in [1.807, 2.05) is 6.07 Å². The Hall–Kier alpha value is -2.11. The molecule has 1 heterocycles. The van der Waals surface area contributed by atoms with Crippen molar-refractivity contribution < 1.29 is 19.0 Å². The second-order valence-corrected chi connectivity index (χ2v) is 6.95. The van der Waals surface area contributed by atoms with Gasteiger partial charge in [0.15, 0.2) is 0 Å². The summed E-state index contributed by atoms with van der Waals surface area (Å²) in [6, 6.07) is 11.4. The lowest BCUT2D eigenvalue weighted by Gasteiger charge is -2.38. The van der Waals surface area contributed by atoms with E-state index in [2.05, 4.69) is 4.90 Å². The van der Waals surface area contributed by atoms with Gasteiger partial charge in [-0.15, -0.1) is 0 Å². The number of benzene rings is 2. The first-order valence-electron chi connectivity index (χ1n) is 8.55. The molecule has 1 saturated heterocycles. The van der Waals surface area contributed by atoms with Crippen LogP contribution in [-0.4, -0.2) is 36.2 Å². The number of hydrogen-bond donors (Lipinski definition) is 1. The van der Waals surface area contributed by atoms with E-state index >= 15 is 0 Å². The van der Waals surface area contributed by atoms with Crippen molar-refractivity contribution in [2.75, 3.05) is 20.2 Å². The van der Waals surface area contributed by atoms with Crippen LogP contribution >= 0.6 is 11.6 Å². The Bertz CT molecular complexity index is 798. The maximum atomic E-state index is 13.9. The van der Waals surface area contributed by atoms with Crippen LogP contribution in [0.1, 0.15) is 30.0 Å². The molecule has 0 aliphatic carbocycles. The van der Waals surface area contributed by atoms with Gasteiger partial charge in [-0.2, -0.15) is 0 Å². The van der Waals surface area contributed by atoms with Crippen LogP contribution in [0.4, 0.5) is 4.39 Å². The van der Waals surface area contributed by atoms with Gasteiger partial charge in [0.25, 0.3) is 0 Å². The first kappa shape index (κ1) is 18.7. The van der Waals surface area contributed by atoms with Crippen LogP contribution in [0.25, 0.3) is 0 Å². The van der Waals surface area contributed by atoms with E-state index in [1.165, 1.54) is 12.1 Å². The minimum absolute atomic E-state index is 0.332. The quantitative estimate of drug-likeness (QED) is 0.840. The normalized spacial score (nSPS) is 19.1. The van der Waals surface area contributed by atoms with Crippen molar-refractivity contribution in [3.05, 3.63) is 64.4 Å². The summed E-state index contributed by atoms with van der Waals surface area (Å²) < 4.78 is 19.4. The molecular weight excluding hydrogens is 357 g/mol. The minimum atomic E-state index is -0.800. The number of carbonyl (C=O) groups is 1. The third-order valence-electron chi connectivity index (χ3n) is 4.82. The van der Waals surface area contributed by atoms with Crippen molar-refractivity contribution >= 4 is 17.6 Å². The summed E-state index contributed by atoms with van der Waals surface area (Å²) in [6.45, 7) is 1.12. The molecule has 2 atom stereocenters. The molecule has 4 nitrogen and oxygen atoms in total. The number of methoxy groups -OCH3 is 1. The van der Waals surface area contributed by atoms with Gasteiger partial charge < -0.3 is 9.84 Å². The number of hydrogen-bond acceptors (Lipinski definition) is 3. The van der Waals surface area contributed by atoms with E-state index < -0.39 is 11.9 Å². The van der Waals surface area contributed by atoms with Gasteiger partial charge >= 0.3 is 5.97 Å². The third kappa shape index (κ3) is 4.00. The van der Waals surface area contributed by atoms with E-state index in [0.717, 1.165) is 24.1 Å². The number of nitrogens with zero attached hydrogens (tertiary/aromatic N) is 1. The molecule has 2 aromatic rings. The fraction of sp³-hybridized carbons (Fsp3) is 0.350. The highest BCUT2D eigenvalue weighted by Gasteiger charge is 2.32. The molecule has 0 saturated carbocycles. The second kappa shape index (κ2) is 8.06. The van der Waals surface area contributed by atoms with Crippen molar-refractivity contribution in [3.8, 4) is 5.75 Å². The number of aliphatic carboxylic acids is 1. The molecule has 26 heavy (non-hydrogen) atoms. The van der Waals surface area contributed by atoms with Crippen LogP contribution in [0.5, 0.6) is 5.75 Å². The van der Waals surface area contributed by atoms with Gasteiger partial charge in [0.05, 0.1) is 19.1 Å². The average molecular weight is 378 g/mol. The highest BCUT2D eigenvalue weighted by molar-refractivity contribution is 6.30. The van der Waals surface area contributed by atoms with Crippen molar-refractivity contribution in [3.63, 3.8) is 0 Å². The Morgan fingerprint density at radius 3 is 2.85 bits per heavy atom. The Morgan fingerprint density at radius 2 is 2.15 bits per heavy atom. The number of carboxylic acids is 1. The Balaban J connectivity index is 2.08. The van der Waals surface area contributed by atoms with Crippen LogP contribution in [0.3, 0.4) is 0 Å². The predicted octanol–water partition coefficient (Wildman–Crippen LogP) is 4.37. The molecule has 0 amide bonds. The Labute approximate surface area is 157 Å². The van der Waals surface area contributed by atoms with Crippen molar-refractivity contribution in [1.82, 2.24) is 4.90 Å². The molecule has 0 aromatic heterocycles. The minimum Gasteiger partial charge on any atom is -0.496 e. The lowest BCUT2D eigenvalue weighted by atomic mass is 9.91. The fourth-order valence-electron chi connectivity index (χ4n) is 3.63. The van der Waals surface area contributed by atoms with Gasteiger partial charge in [-0.25, -0.2) is 4.39 Å². The summed E-state index contributed by atoms with van der Waals surface area (Å²) in [4.78, 5) is 13.6. The SMILES string of the molecule is COc1ccc(Cl)cc1C(c1cccc(F)c1)N1CCCC(C(=O)O)C1. The van der Waals surface area contributed by atoms with Gasteiger partial charge in [0, 0.05) is 17.1 Å². The summed E-state index contributed by atoms with van der Waals surface area (Å²) >= 11 is 6.21. The lowest BCUT2D eigenvalue weighted by Crippen LogP contribution is -2.41. The number of ether oxygens (including phenoxy) is 1. The molecule has 3 rings (SSSR count). The molecule has 138 valence electrons. The largest absolute Gasteiger partial charge is 0.496 e. The van der Waals surface area contributed by atoms with Gasteiger partial charge in [-0.1, -0.05) is 23.7 Å². The monoisotopic (exact) mass is 377 g/mol. The van der Waals surface area contributed by atoms with Crippen LogP contribution < -0.4 is 4.74 Å². The topological polar surface area (TPSA) is 49.8 Å². The van der Waals surface area contributed by atoms with Crippen molar-refractivity contribution in [1.29, 1.82) is 0 Å². The zero-order valence-corrected chi connectivity index (χ0v) is 15.2. The van der Waals surface area contributed by atoms with E-state index in [1.54, 1.807) is 31.4 Å². The number of carboxylic acid groups (broad SMARTS) is 1. The molecule has 1 aliphatic rings. The molecule has 1 aliphatic heterocycles. The molecule has 6 heteroatoms. The zero-order chi connectivity index (χ0) is 18.7. The maximum absolute atomic E-state index is 13.9. The van der Waals surface area contributed by atoms with Crippen molar-refractivity contribution in [2.45, 2.75) is 18.9 Å². The first-order chi connectivity index (χ1) is 12.5. The summed E-state index contributed by atoms with van der Waals surface area (Å²) in [7, 11) is 1.58. The van der Waals surface area contributed by atoms with Gasteiger partial charge in [0.2, 0.25) is 0 Å². The maximum Gasteiger partial charge on any atom is 0.307 e. The molecule has 1 N–H and O–H groups in total. The number of halogens is 2. The summed E-state index contributed by atoms with van der Waals surface area (Å²) in [6.07, 6.45) is 1.42. The highest BCUT2D eigenvalue weighted by atomic mass is 35.5. The van der Waals surface area contributed by atoms with Crippen LogP contribution in [0.2, 0.25) is 5.02 Å². The van der Waals surface area contributed by atoms with E-state index in [-0.39, 0.29) is 11.9 Å². The summed E-state index contributed by atoms with van der Waals surface area (Å²) in [5.74, 6) is -0.933. The predicted molar refractivity (Wildman–Crippen MR) is 98.2 cm³/mol. The zero-order valence-electron chi connectivity index (χ0n) is 14.5. The fourth-order valence-corrected chi connectivity index (χ4v) is 3.81. The molecule has 1 fully saturated rings. The summed E-state index contributed by atoms with van der Waals surface area (Å²) in [5.41, 5.74) is 1.55. The molecule has 2 aromatic carbocycles. The van der Waals surface area contributed by atoms with E-state index in [9.17, 15) is 14.3 Å². The van der Waals surface area contributed by atoms with Gasteiger partial charge in [-0.05, 0) is 55.3 Å². The third-order valence-corrected chi connectivity index (χ3v) is 5.05. The number of rotatable bonds is 5. The van der Waals surface area contributed by atoms with Crippen LogP contribution in [-0.2, 0) is 4.79 Å². The Morgan fingerprint density at radius 1 is 1.35 bits per heavy atom. The van der Waals surface area contributed by atoms with Crippen LogP contribution in [0, 0.1) is 11.7 Å². The second-order valence-electron chi connectivity index (χ2n) is 6.52. The Kier molecular flexibility index (Phi) is 5.79. The van der Waals surface area contributed by atoms with Gasteiger partial charge in [0.1, 0.15) is 11.6 Å². The van der Waals surface area contributed by atoms with Crippen molar-refractivity contribution in [2.24, 2.45) is 5.92 Å². The standard InChI is InChI=1S/C20H21ClFNO3/c1-26-18-8-7-15(21)11-17(18)19(13-4-2-6-16(22)10-13)23-9-3-5-14(12-23)20(24)25/h2,4,6-8,10-11,14,19H,3,5,9,12H2,1H3,(H,24,25). The van der Waals surface area contributed by atoms with E-state index in [0.29, 0.717) is 23.7 Å². The molecular formula is C20H21ClFNO3.